The summed E-state index contributed by atoms with van der Waals surface area (Å²) in [7, 11) is 0. The normalized spacial score (nSPS) is 18.1. The highest BCUT2D eigenvalue weighted by Gasteiger charge is 2.53. The molecule has 4 atom stereocenters. The first-order chi connectivity index (χ1) is 22.5. The van der Waals surface area contributed by atoms with Gasteiger partial charge in [-0.3, -0.25) is 4.79 Å². The molecule has 0 aromatic heterocycles. The third kappa shape index (κ3) is 6.02. The SMILES string of the molecule is CCC(C)C(C)c1ccc2c(c1)Oc1cc(CC(C)C(C)C)ccc1C21OC(=O)c2cc(C(=O)NCCc3ccc(O)cc3)ccc21. The van der Waals surface area contributed by atoms with E-state index in [9.17, 15) is 14.7 Å². The van der Waals surface area contributed by atoms with Crippen LogP contribution in [0.2, 0.25) is 0 Å². The Labute approximate surface area is 278 Å². The average molecular weight is 632 g/mol. The van der Waals surface area contributed by atoms with E-state index in [0.29, 0.717) is 64.8 Å². The molecule has 244 valence electrons. The number of ether oxygens (including phenoxy) is 2. The van der Waals surface area contributed by atoms with E-state index in [-0.39, 0.29) is 11.7 Å². The van der Waals surface area contributed by atoms with Crippen LogP contribution >= 0.6 is 0 Å². The second-order valence-corrected chi connectivity index (χ2v) is 13.8. The van der Waals surface area contributed by atoms with E-state index in [1.54, 1.807) is 24.3 Å². The lowest BCUT2D eigenvalue weighted by atomic mass is 9.76. The van der Waals surface area contributed by atoms with Gasteiger partial charge in [0.1, 0.15) is 17.2 Å². The summed E-state index contributed by atoms with van der Waals surface area (Å²) in [6, 6.07) is 24.8. The number of fused-ring (bicyclic) bond motifs is 6. The molecule has 0 radical (unpaired) electrons. The van der Waals surface area contributed by atoms with E-state index in [1.165, 1.54) is 11.1 Å². The van der Waals surface area contributed by atoms with Crippen LogP contribution in [0.5, 0.6) is 17.2 Å². The van der Waals surface area contributed by atoms with E-state index < -0.39 is 11.6 Å². The fourth-order valence-corrected chi connectivity index (χ4v) is 6.72. The first-order valence-electron chi connectivity index (χ1n) is 16.9. The Hall–Kier alpha value is -4.58. The third-order valence-corrected chi connectivity index (χ3v) is 10.5. The van der Waals surface area contributed by atoms with Crippen LogP contribution in [0.3, 0.4) is 0 Å². The van der Waals surface area contributed by atoms with Gasteiger partial charge in [0.2, 0.25) is 0 Å². The number of benzene rings is 4. The van der Waals surface area contributed by atoms with Gasteiger partial charge in [-0.1, -0.05) is 90.4 Å². The number of nitrogens with one attached hydrogen (secondary N) is 1. The number of carbonyl (C=O) groups excluding carboxylic acids is 2. The zero-order chi connectivity index (χ0) is 33.5. The van der Waals surface area contributed by atoms with Gasteiger partial charge in [-0.2, -0.15) is 0 Å². The standard InChI is InChI=1S/C41H45NO5/c1-7-25(4)27(6)30-11-17-36-38(23-30)46-37-21-29(20-26(5)24(2)3)10-15-35(37)41(36)34-16-12-31(22-33(34)40(45)47-41)39(44)42-19-18-28-8-13-32(43)14-9-28/h8-17,21-27,43H,7,18-20H2,1-6H3,(H,42,44). The Morgan fingerprint density at radius 3 is 2.17 bits per heavy atom. The van der Waals surface area contributed by atoms with Crippen molar-refractivity contribution in [2.75, 3.05) is 6.54 Å². The maximum absolute atomic E-state index is 13.7. The monoisotopic (exact) mass is 631 g/mol. The van der Waals surface area contributed by atoms with Crippen LogP contribution in [-0.2, 0) is 23.2 Å². The van der Waals surface area contributed by atoms with Gasteiger partial charge >= 0.3 is 5.97 Å². The zero-order valence-corrected chi connectivity index (χ0v) is 28.2. The number of rotatable bonds is 10. The Kier molecular flexibility index (Phi) is 8.88. The highest BCUT2D eigenvalue weighted by Crippen LogP contribution is 2.56. The minimum atomic E-state index is -1.19. The van der Waals surface area contributed by atoms with Crippen molar-refractivity contribution in [1.82, 2.24) is 5.32 Å². The molecule has 0 fully saturated rings. The first-order valence-corrected chi connectivity index (χ1v) is 16.9. The van der Waals surface area contributed by atoms with Crippen molar-refractivity contribution in [1.29, 1.82) is 0 Å². The molecule has 4 aromatic carbocycles. The summed E-state index contributed by atoms with van der Waals surface area (Å²) in [6.07, 6.45) is 2.60. The molecule has 6 rings (SSSR count). The maximum atomic E-state index is 13.7. The molecule has 4 unspecified atom stereocenters. The molecule has 1 spiro atoms. The second-order valence-electron chi connectivity index (χ2n) is 13.8. The molecule has 6 heteroatoms. The predicted octanol–water partition coefficient (Wildman–Crippen LogP) is 8.92. The van der Waals surface area contributed by atoms with Gasteiger partial charge in [-0.05, 0) is 89.6 Å². The second kappa shape index (κ2) is 12.9. The zero-order valence-electron chi connectivity index (χ0n) is 28.2. The quantitative estimate of drug-likeness (QED) is 0.171. The van der Waals surface area contributed by atoms with Crippen LogP contribution in [0.4, 0.5) is 0 Å². The smallest absolute Gasteiger partial charge is 0.340 e. The van der Waals surface area contributed by atoms with Crippen LogP contribution in [0, 0.1) is 17.8 Å². The molecule has 6 nitrogen and oxygen atoms in total. The number of phenolic OH excluding ortho intramolecular Hbond substituents is 1. The summed E-state index contributed by atoms with van der Waals surface area (Å²) in [5, 5.41) is 12.5. The molecule has 2 aliphatic heterocycles. The number of hydrogen-bond donors (Lipinski definition) is 2. The number of aromatic hydroxyl groups is 1. The number of carbonyl (C=O) groups is 2. The van der Waals surface area contributed by atoms with Crippen molar-refractivity contribution >= 4 is 11.9 Å². The van der Waals surface area contributed by atoms with Gasteiger partial charge in [0, 0.05) is 28.8 Å². The highest BCUT2D eigenvalue weighted by atomic mass is 16.6. The number of amides is 1. The lowest BCUT2D eigenvalue weighted by Gasteiger charge is -2.37. The minimum absolute atomic E-state index is 0.206. The van der Waals surface area contributed by atoms with E-state index in [0.717, 1.165) is 29.5 Å². The first kappa shape index (κ1) is 32.4. The van der Waals surface area contributed by atoms with Gasteiger partial charge in [-0.25, -0.2) is 4.79 Å². The van der Waals surface area contributed by atoms with Crippen molar-refractivity contribution < 1.29 is 24.2 Å². The van der Waals surface area contributed by atoms with Crippen LogP contribution in [0.15, 0.2) is 78.9 Å². The summed E-state index contributed by atoms with van der Waals surface area (Å²) in [5.74, 6) is 2.73. The van der Waals surface area contributed by atoms with Crippen LogP contribution in [-0.4, -0.2) is 23.5 Å². The Balaban J connectivity index is 1.38. The Morgan fingerprint density at radius 2 is 1.47 bits per heavy atom. The summed E-state index contributed by atoms with van der Waals surface area (Å²) < 4.78 is 13.1. The van der Waals surface area contributed by atoms with Crippen LogP contribution in [0.25, 0.3) is 0 Å². The topological polar surface area (TPSA) is 84.9 Å². The molecule has 2 N–H and O–H groups in total. The molecular formula is C41H45NO5. The molecule has 0 aliphatic carbocycles. The van der Waals surface area contributed by atoms with E-state index >= 15 is 0 Å². The molecule has 0 bridgehead atoms. The summed E-state index contributed by atoms with van der Waals surface area (Å²) >= 11 is 0. The largest absolute Gasteiger partial charge is 0.508 e. The molecular weight excluding hydrogens is 586 g/mol. The van der Waals surface area contributed by atoms with Crippen LogP contribution in [0.1, 0.15) is 108 Å². The molecule has 2 heterocycles. The minimum Gasteiger partial charge on any atom is -0.508 e. The van der Waals surface area contributed by atoms with Crippen molar-refractivity contribution in [2.45, 2.75) is 72.3 Å². The number of esters is 1. The molecule has 47 heavy (non-hydrogen) atoms. The van der Waals surface area contributed by atoms with Crippen molar-refractivity contribution in [2.24, 2.45) is 17.8 Å². The fraction of sp³-hybridized carbons (Fsp3) is 0.366. The summed E-state index contributed by atoms with van der Waals surface area (Å²) in [4.78, 5) is 26.9. The van der Waals surface area contributed by atoms with Gasteiger partial charge in [0.25, 0.3) is 5.91 Å². The molecule has 2 aliphatic rings. The average Bonchev–Trinajstić information content (AvgIpc) is 3.36. The van der Waals surface area contributed by atoms with Gasteiger partial charge in [-0.15, -0.1) is 0 Å². The third-order valence-electron chi connectivity index (χ3n) is 10.5. The number of phenols is 1. The summed E-state index contributed by atoms with van der Waals surface area (Å²) in [5.41, 5.74) is 5.23. The van der Waals surface area contributed by atoms with Crippen molar-refractivity contribution in [3.63, 3.8) is 0 Å². The molecule has 4 aromatic rings. The lowest BCUT2D eigenvalue weighted by Crippen LogP contribution is -2.33. The van der Waals surface area contributed by atoms with Crippen LogP contribution < -0.4 is 10.1 Å². The Bertz CT molecular complexity index is 1810. The Morgan fingerprint density at radius 1 is 0.809 bits per heavy atom. The lowest BCUT2D eigenvalue weighted by molar-refractivity contribution is 0.0224. The summed E-state index contributed by atoms with van der Waals surface area (Å²) in [6.45, 7) is 13.9. The van der Waals surface area contributed by atoms with E-state index in [4.69, 9.17) is 9.47 Å². The molecule has 0 saturated heterocycles. The van der Waals surface area contributed by atoms with Gasteiger partial charge in [0.05, 0.1) is 5.56 Å². The van der Waals surface area contributed by atoms with Gasteiger partial charge < -0.3 is 19.9 Å². The molecule has 0 saturated carbocycles. The number of hydrogen-bond acceptors (Lipinski definition) is 5. The predicted molar refractivity (Wildman–Crippen MR) is 184 cm³/mol. The van der Waals surface area contributed by atoms with Crippen molar-refractivity contribution in [3.8, 4) is 17.2 Å². The molecule has 1 amide bonds. The van der Waals surface area contributed by atoms with Gasteiger partial charge in [0.15, 0.2) is 5.60 Å². The van der Waals surface area contributed by atoms with E-state index in [2.05, 4.69) is 71.1 Å². The van der Waals surface area contributed by atoms with Crippen molar-refractivity contribution in [3.05, 3.63) is 123 Å². The fourth-order valence-electron chi connectivity index (χ4n) is 6.72. The maximum Gasteiger partial charge on any atom is 0.340 e. The highest BCUT2D eigenvalue weighted by molar-refractivity contribution is 6.01. The van der Waals surface area contributed by atoms with E-state index in [1.807, 2.05) is 30.3 Å².